The highest BCUT2D eigenvalue weighted by Crippen LogP contribution is 2.22. The number of carbonyl (C=O) groups excluding carboxylic acids is 1. The third kappa shape index (κ3) is 3.82. The molecule has 0 bridgehead atoms. The number of pyridine rings is 1. The molecule has 1 amide bonds. The van der Waals surface area contributed by atoms with Crippen molar-refractivity contribution in [1.82, 2.24) is 10.1 Å². The molecule has 0 aromatic carbocycles. The SMILES string of the molecule is Cc1ccc(SC(C)C(=O)Nc2cc(C)on2)nc1. The summed E-state index contributed by atoms with van der Waals surface area (Å²) in [5.41, 5.74) is 1.10. The van der Waals surface area contributed by atoms with Gasteiger partial charge in [0.15, 0.2) is 5.82 Å². The molecule has 0 radical (unpaired) electrons. The van der Waals surface area contributed by atoms with Crippen molar-refractivity contribution in [2.24, 2.45) is 0 Å². The van der Waals surface area contributed by atoms with Crippen LogP contribution in [0.4, 0.5) is 5.82 Å². The largest absolute Gasteiger partial charge is 0.360 e. The highest BCUT2D eigenvalue weighted by atomic mass is 32.2. The number of aryl methyl sites for hydroxylation is 2. The summed E-state index contributed by atoms with van der Waals surface area (Å²) in [5.74, 6) is 0.975. The number of nitrogens with one attached hydrogen (secondary N) is 1. The van der Waals surface area contributed by atoms with Crippen LogP contribution in [-0.4, -0.2) is 21.3 Å². The van der Waals surface area contributed by atoms with Crippen molar-refractivity contribution in [3.63, 3.8) is 0 Å². The summed E-state index contributed by atoms with van der Waals surface area (Å²) in [4.78, 5) is 16.2. The van der Waals surface area contributed by atoms with Crippen molar-refractivity contribution in [2.45, 2.75) is 31.0 Å². The Labute approximate surface area is 115 Å². The molecule has 0 aliphatic carbocycles. The Hall–Kier alpha value is -1.82. The number of thioether (sulfide) groups is 1. The highest BCUT2D eigenvalue weighted by Gasteiger charge is 2.16. The second kappa shape index (κ2) is 5.88. The fraction of sp³-hybridized carbons (Fsp3) is 0.308. The van der Waals surface area contributed by atoms with Gasteiger partial charge < -0.3 is 9.84 Å². The first-order valence-corrected chi connectivity index (χ1v) is 6.76. The predicted molar refractivity (Wildman–Crippen MR) is 74.2 cm³/mol. The van der Waals surface area contributed by atoms with Crippen LogP contribution in [-0.2, 0) is 4.79 Å². The van der Waals surface area contributed by atoms with E-state index in [9.17, 15) is 4.79 Å². The van der Waals surface area contributed by atoms with Crippen LogP contribution in [0.3, 0.4) is 0 Å². The lowest BCUT2D eigenvalue weighted by atomic mass is 10.3. The molecule has 0 saturated heterocycles. The molecular weight excluding hydrogens is 262 g/mol. The monoisotopic (exact) mass is 277 g/mol. The van der Waals surface area contributed by atoms with Crippen LogP contribution in [0.2, 0.25) is 0 Å². The van der Waals surface area contributed by atoms with E-state index >= 15 is 0 Å². The molecule has 0 spiro atoms. The van der Waals surface area contributed by atoms with Gasteiger partial charge in [-0.15, -0.1) is 0 Å². The van der Waals surface area contributed by atoms with Crippen molar-refractivity contribution in [3.8, 4) is 0 Å². The van der Waals surface area contributed by atoms with Crippen molar-refractivity contribution < 1.29 is 9.32 Å². The molecule has 6 heteroatoms. The summed E-state index contributed by atoms with van der Waals surface area (Å²) in [6, 6.07) is 5.56. The summed E-state index contributed by atoms with van der Waals surface area (Å²) >= 11 is 1.40. The van der Waals surface area contributed by atoms with Gasteiger partial charge in [0.1, 0.15) is 5.76 Å². The van der Waals surface area contributed by atoms with Crippen LogP contribution in [0.5, 0.6) is 0 Å². The fourth-order valence-electron chi connectivity index (χ4n) is 1.41. The number of anilines is 1. The molecule has 2 aromatic heterocycles. The topological polar surface area (TPSA) is 68.0 Å². The van der Waals surface area contributed by atoms with E-state index in [2.05, 4.69) is 15.5 Å². The third-order valence-electron chi connectivity index (χ3n) is 2.43. The zero-order valence-corrected chi connectivity index (χ0v) is 11.8. The Morgan fingerprint density at radius 2 is 2.21 bits per heavy atom. The van der Waals surface area contributed by atoms with Gasteiger partial charge in [-0.2, -0.15) is 0 Å². The van der Waals surface area contributed by atoms with Crippen molar-refractivity contribution >= 4 is 23.5 Å². The summed E-state index contributed by atoms with van der Waals surface area (Å²) in [7, 11) is 0. The maximum atomic E-state index is 12.0. The number of carbonyl (C=O) groups is 1. The number of aromatic nitrogens is 2. The Balaban J connectivity index is 1.94. The van der Waals surface area contributed by atoms with Gasteiger partial charge in [0.25, 0.3) is 0 Å². The summed E-state index contributed by atoms with van der Waals surface area (Å²) in [6.45, 7) is 5.58. The number of hydrogen-bond acceptors (Lipinski definition) is 5. The molecule has 1 unspecified atom stereocenters. The van der Waals surface area contributed by atoms with E-state index in [1.165, 1.54) is 11.8 Å². The quantitative estimate of drug-likeness (QED) is 0.870. The van der Waals surface area contributed by atoms with E-state index in [1.807, 2.05) is 26.0 Å². The number of hydrogen-bond donors (Lipinski definition) is 1. The third-order valence-corrected chi connectivity index (χ3v) is 3.48. The van der Waals surface area contributed by atoms with E-state index in [0.29, 0.717) is 11.6 Å². The lowest BCUT2D eigenvalue weighted by molar-refractivity contribution is -0.115. The molecule has 0 aliphatic heterocycles. The minimum absolute atomic E-state index is 0.124. The lowest BCUT2D eigenvalue weighted by Crippen LogP contribution is -2.22. The number of amides is 1. The maximum Gasteiger partial charge on any atom is 0.238 e. The van der Waals surface area contributed by atoms with Crippen LogP contribution in [0.15, 0.2) is 33.9 Å². The average Bonchev–Trinajstić information content (AvgIpc) is 2.77. The fourth-order valence-corrected chi connectivity index (χ4v) is 2.20. The Kier molecular flexibility index (Phi) is 4.21. The molecule has 1 atom stereocenters. The van der Waals surface area contributed by atoms with E-state index in [4.69, 9.17) is 4.52 Å². The minimum Gasteiger partial charge on any atom is -0.360 e. The van der Waals surface area contributed by atoms with Crippen LogP contribution >= 0.6 is 11.8 Å². The van der Waals surface area contributed by atoms with Gasteiger partial charge in [0.05, 0.1) is 10.3 Å². The lowest BCUT2D eigenvalue weighted by Gasteiger charge is -2.09. The average molecular weight is 277 g/mol. The standard InChI is InChI=1S/C13H15N3O2S/c1-8-4-5-12(14-7-8)19-10(3)13(17)15-11-6-9(2)18-16-11/h4-7,10H,1-3H3,(H,15,16,17). The van der Waals surface area contributed by atoms with Gasteiger partial charge in [-0.05, 0) is 32.4 Å². The highest BCUT2D eigenvalue weighted by molar-refractivity contribution is 8.00. The van der Waals surface area contributed by atoms with E-state index in [0.717, 1.165) is 10.6 Å². The Morgan fingerprint density at radius 3 is 2.79 bits per heavy atom. The number of nitrogens with zero attached hydrogens (tertiary/aromatic N) is 2. The van der Waals surface area contributed by atoms with Crippen LogP contribution in [0.25, 0.3) is 0 Å². The first-order chi connectivity index (χ1) is 9.04. The zero-order valence-electron chi connectivity index (χ0n) is 11.0. The van der Waals surface area contributed by atoms with Crippen LogP contribution in [0.1, 0.15) is 18.2 Å². The zero-order chi connectivity index (χ0) is 13.8. The molecule has 2 rings (SSSR count). The molecule has 1 N–H and O–H groups in total. The molecular formula is C13H15N3O2S. The van der Waals surface area contributed by atoms with Crippen LogP contribution in [0, 0.1) is 13.8 Å². The van der Waals surface area contributed by atoms with Crippen molar-refractivity contribution in [3.05, 3.63) is 35.7 Å². The first-order valence-electron chi connectivity index (χ1n) is 5.88. The van der Waals surface area contributed by atoms with Gasteiger partial charge in [0.2, 0.25) is 5.91 Å². The van der Waals surface area contributed by atoms with Crippen molar-refractivity contribution in [1.29, 1.82) is 0 Å². The molecule has 19 heavy (non-hydrogen) atoms. The molecule has 0 fully saturated rings. The van der Waals surface area contributed by atoms with Crippen LogP contribution < -0.4 is 5.32 Å². The molecule has 2 heterocycles. The van der Waals surface area contributed by atoms with Gasteiger partial charge in [-0.1, -0.05) is 23.0 Å². The van der Waals surface area contributed by atoms with Gasteiger partial charge in [-0.25, -0.2) is 4.98 Å². The summed E-state index contributed by atoms with van der Waals surface area (Å²) in [6.07, 6.45) is 1.79. The smallest absolute Gasteiger partial charge is 0.238 e. The maximum absolute atomic E-state index is 12.0. The number of rotatable bonds is 4. The first kappa shape index (κ1) is 13.6. The molecule has 0 saturated carbocycles. The molecule has 0 aliphatic rings. The van der Waals surface area contributed by atoms with E-state index < -0.39 is 0 Å². The molecule has 100 valence electrons. The molecule has 2 aromatic rings. The normalized spacial score (nSPS) is 12.2. The molecule has 5 nitrogen and oxygen atoms in total. The summed E-state index contributed by atoms with van der Waals surface area (Å²) < 4.78 is 4.89. The van der Waals surface area contributed by atoms with Gasteiger partial charge >= 0.3 is 0 Å². The Bertz CT molecular complexity index is 566. The van der Waals surface area contributed by atoms with Gasteiger partial charge in [0, 0.05) is 12.3 Å². The van der Waals surface area contributed by atoms with Crippen molar-refractivity contribution in [2.75, 3.05) is 5.32 Å². The summed E-state index contributed by atoms with van der Waals surface area (Å²) in [5, 5.41) is 6.99. The van der Waals surface area contributed by atoms with E-state index in [1.54, 1.807) is 19.2 Å². The van der Waals surface area contributed by atoms with Gasteiger partial charge in [-0.3, -0.25) is 4.79 Å². The second-order valence-electron chi connectivity index (χ2n) is 4.25. The van der Waals surface area contributed by atoms with E-state index in [-0.39, 0.29) is 11.2 Å². The minimum atomic E-state index is -0.257. The predicted octanol–water partition coefficient (Wildman–Crippen LogP) is 2.81. The second-order valence-corrected chi connectivity index (χ2v) is 5.61. The Morgan fingerprint density at radius 1 is 1.42 bits per heavy atom.